The van der Waals surface area contributed by atoms with E-state index in [1.54, 1.807) is 6.92 Å². The van der Waals surface area contributed by atoms with Crippen LogP contribution >= 0.6 is 11.3 Å². The Morgan fingerprint density at radius 1 is 1.30 bits per heavy atom. The Labute approximate surface area is 119 Å². The fourth-order valence-electron chi connectivity index (χ4n) is 1.54. The Kier molecular flexibility index (Phi) is 3.69. The number of aryl methyl sites for hydroxylation is 1. The summed E-state index contributed by atoms with van der Waals surface area (Å²) in [6.07, 6.45) is 0. The van der Waals surface area contributed by atoms with Gasteiger partial charge in [0.05, 0.1) is 10.6 Å². The molecule has 0 aliphatic rings. The van der Waals surface area contributed by atoms with Crippen LogP contribution in [0.1, 0.15) is 15.2 Å². The molecule has 8 heteroatoms. The number of hydrogen-bond donors (Lipinski definition) is 3. The number of carbonyl (C=O) groups is 1. The van der Waals surface area contributed by atoms with Crippen LogP contribution in [0.15, 0.2) is 34.5 Å². The first-order valence-electron chi connectivity index (χ1n) is 5.44. The van der Waals surface area contributed by atoms with Crippen molar-refractivity contribution in [3.63, 3.8) is 0 Å². The minimum Gasteiger partial charge on any atom is -0.508 e. The second-order valence-electron chi connectivity index (χ2n) is 4.06. The molecule has 1 aromatic carbocycles. The first-order valence-corrected chi connectivity index (χ1v) is 7.80. The lowest BCUT2D eigenvalue weighted by molar-refractivity contribution is 0.0702. The van der Waals surface area contributed by atoms with E-state index in [2.05, 4.69) is 4.72 Å². The van der Waals surface area contributed by atoms with Gasteiger partial charge in [0.2, 0.25) is 0 Å². The molecule has 0 aliphatic carbocycles. The summed E-state index contributed by atoms with van der Waals surface area (Å²) in [4.78, 5) is 10.6. The summed E-state index contributed by atoms with van der Waals surface area (Å²) in [5.74, 6) is -1.13. The highest BCUT2D eigenvalue weighted by Crippen LogP contribution is 2.25. The van der Waals surface area contributed by atoms with Crippen molar-refractivity contribution in [1.29, 1.82) is 0 Å². The maximum absolute atomic E-state index is 12.1. The molecule has 0 unspecified atom stereocenters. The zero-order valence-electron chi connectivity index (χ0n) is 10.3. The summed E-state index contributed by atoms with van der Waals surface area (Å²) in [5.41, 5.74) is 0.883. The van der Waals surface area contributed by atoms with Gasteiger partial charge in [-0.05, 0) is 36.8 Å². The Morgan fingerprint density at radius 3 is 2.55 bits per heavy atom. The maximum Gasteiger partial charge on any atom is 0.345 e. The van der Waals surface area contributed by atoms with E-state index in [0.717, 1.165) is 17.4 Å². The van der Waals surface area contributed by atoms with Gasteiger partial charge >= 0.3 is 5.97 Å². The number of thiophene rings is 1. The van der Waals surface area contributed by atoms with Gasteiger partial charge in [0, 0.05) is 5.38 Å². The summed E-state index contributed by atoms with van der Waals surface area (Å²) in [7, 11) is -3.85. The fourth-order valence-corrected chi connectivity index (χ4v) is 3.78. The average Bonchev–Trinajstić information content (AvgIpc) is 2.83. The zero-order chi connectivity index (χ0) is 14.9. The van der Waals surface area contributed by atoms with Crippen LogP contribution in [0, 0.1) is 6.92 Å². The van der Waals surface area contributed by atoms with Crippen molar-refractivity contribution in [3.05, 3.63) is 40.1 Å². The van der Waals surface area contributed by atoms with Crippen molar-refractivity contribution >= 4 is 33.0 Å². The molecule has 0 radical (unpaired) electrons. The van der Waals surface area contributed by atoms with Crippen molar-refractivity contribution in [2.45, 2.75) is 11.8 Å². The molecule has 20 heavy (non-hydrogen) atoms. The minimum absolute atomic E-state index is 0.0362. The monoisotopic (exact) mass is 313 g/mol. The second kappa shape index (κ2) is 5.14. The molecule has 2 rings (SSSR count). The lowest BCUT2D eigenvalue weighted by atomic mass is 10.2. The molecule has 0 saturated heterocycles. The fraction of sp³-hybridized carbons (Fsp3) is 0.0833. The number of rotatable bonds is 4. The molecule has 106 valence electrons. The van der Waals surface area contributed by atoms with Crippen LogP contribution in [0.3, 0.4) is 0 Å². The molecule has 0 atom stereocenters. The van der Waals surface area contributed by atoms with E-state index in [1.807, 2.05) is 0 Å². The molecule has 0 aliphatic heterocycles. The molecule has 1 aromatic heterocycles. The van der Waals surface area contributed by atoms with Gasteiger partial charge in [-0.1, -0.05) is 0 Å². The van der Waals surface area contributed by atoms with Crippen LogP contribution in [0.4, 0.5) is 5.69 Å². The number of aromatic carboxylic acids is 1. The second-order valence-corrected chi connectivity index (χ2v) is 6.65. The van der Waals surface area contributed by atoms with Crippen molar-refractivity contribution in [1.82, 2.24) is 0 Å². The standard InChI is InChI=1S/C12H11NO5S2/c1-7-4-8(14)2-3-10(7)13-20(17,18)9-5-11(12(15)16)19-6-9/h2-6,13-14H,1H3,(H,15,16). The van der Waals surface area contributed by atoms with Crippen LogP contribution in [0.5, 0.6) is 5.75 Å². The molecular weight excluding hydrogens is 302 g/mol. The largest absolute Gasteiger partial charge is 0.508 e. The number of phenols is 1. The molecule has 0 spiro atoms. The van der Waals surface area contributed by atoms with Gasteiger partial charge in [0.1, 0.15) is 10.6 Å². The van der Waals surface area contributed by atoms with E-state index in [4.69, 9.17) is 5.11 Å². The lowest BCUT2D eigenvalue weighted by Crippen LogP contribution is -2.13. The van der Waals surface area contributed by atoms with Crippen molar-refractivity contribution in [2.24, 2.45) is 0 Å². The number of carboxylic acids is 1. The quantitative estimate of drug-likeness (QED) is 0.751. The number of aromatic hydroxyl groups is 1. The van der Waals surface area contributed by atoms with Crippen LogP contribution < -0.4 is 4.72 Å². The Bertz CT molecular complexity index is 764. The molecule has 0 bridgehead atoms. The first-order chi connectivity index (χ1) is 9.29. The van der Waals surface area contributed by atoms with Crippen LogP contribution in [-0.4, -0.2) is 24.6 Å². The Hall–Kier alpha value is -2.06. The molecule has 0 fully saturated rings. The number of phenolic OH excluding ortho intramolecular Hbond substituents is 1. The minimum atomic E-state index is -3.85. The third kappa shape index (κ3) is 2.91. The van der Waals surface area contributed by atoms with Crippen LogP contribution in [0.25, 0.3) is 0 Å². The highest BCUT2D eigenvalue weighted by atomic mass is 32.2. The van der Waals surface area contributed by atoms with Crippen molar-refractivity contribution in [2.75, 3.05) is 4.72 Å². The van der Waals surface area contributed by atoms with Crippen molar-refractivity contribution < 1.29 is 23.4 Å². The van der Waals surface area contributed by atoms with Gasteiger partial charge in [0.25, 0.3) is 10.0 Å². The van der Waals surface area contributed by atoms with Gasteiger partial charge < -0.3 is 10.2 Å². The van der Waals surface area contributed by atoms with E-state index in [9.17, 15) is 18.3 Å². The third-order valence-corrected chi connectivity index (χ3v) is 4.96. The molecular formula is C12H11NO5S2. The number of nitrogens with one attached hydrogen (secondary N) is 1. The number of anilines is 1. The van der Waals surface area contributed by atoms with Crippen LogP contribution in [0.2, 0.25) is 0 Å². The Morgan fingerprint density at radius 2 is 2.00 bits per heavy atom. The summed E-state index contributed by atoms with van der Waals surface area (Å²) in [6.45, 7) is 1.65. The van der Waals surface area contributed by atoms with Crippen molar-refractivity contribution in [3.8, 4) is 5.75 Å². The molecule has 2 aromatic rings. The van der Waals surface area contributed by atoms with Gasteiger partial charge in [0.15, 0.2) is 0 Å². The Balaban J connectivity index is 2.33. The summed E-state index contributed by atoms with van der Waals surface area (Å²) in [6, 6.07) is 5.33. The first kappa shape index (κ1) is 14.4. The number of hydrogen-bond acceptors (Lipinski definition) is 5. The normalized spacial score (nSPS) is 11.2. The topological polar surface area (TPSA) is 104 Å². The zero-order valence-corrected chi connectivity index (χ0v) is 12.0. The van der Waals surface area contributed by atoms with Gasteiger partial charge in [-0.2, -0.15) is 0 Å². The lowest BCUT2D eigenvalue weighted by Gasteiger charge is -2.09. The number of benzene rings is 1. The third-order valence-electron chi connectivity index (χ3n) is 2.55. The average molecular weight is 313 g/mol. The highest BCUT2D eigenvalue weighted by Gasteiger charge is 2.19. The molecule has 6 nitrogen and oxygen atoms in total. The van der Waals surface area contributed by atoms with E-state index >= 15 is 0 Å². The SMILES string of the molecule is Cc1cc(O)ccc1NS(=O)(=O)c1csc(C(=O)O)c1. The molecule has 3 N–H and O–H groups in total. The van der Waals surface area contributed by atoms with E-state index in [0.29, 0.717) is 11.3 Å². The van der Waals surface area contributed by atoms with Gasteiger partial charge in [-0.25, -0.2) is 13.2 Å². The van der Waals surface area contributed by atoms with E-state index in [1.165, 1.54) is 23.6 Å². The predicted octanol–water partition coefficient (Wildman–Crippen LogP) is 2.26. The molecule has 0 amide bonds. The summed E-state index contributed by atoms with van der Waals surface area (Å²) < 4.78 is 26.6. The summed E-state index contributed by atoms with van der Waals surface area (Å²) >= 11 is 0.843. The van der Waals surface area contributed by atoms with E-state index in [-0.39, 0.29) is 15.5 Å². The summed E-state index contributed by atoms with van der Waals surface area (Å²) in [5, 5.41) is 19.3. The number of carboxylic acid groups (broad SMARTS) is 1. The van der Waals surface area contributed by atoms with Crippen LogP contribution in [-0.2, 0) is 10.0 Å². The van der Waals surface area contributed by atoms with Gasteiger partial charge in [-0.15, -0.1) is 11.3 Å². The predicted molar refractivity (Wildman–Crippen MR) is 74.9 cm³/mol. The molecule has 1 heterocycles. The molecule has 0 saturated carbocycles. The van der Waals surface area contributed by atoms with Gasteiger partial charge in [-0.3, -0.25) is 4.72 Å². The smallest absolute Gasteiger partial charge is 0.345 e. The van der Waals surface area contributed by atoms with E-state index < -0.39 is 16.0 Å². The highest BCUT2D eigenvalue weighted by molar-refractivity contribution is 7.92. The maximum atomic E-state index is 12.1. The number of sulfonamides is 1.